The van der Waals surface area contributed by atoms with E-state index in [0.29, 0.717) is 12.5 Å². The van der Waals surface area contributed by atoms with Gasteiger partial charge in [0.15, 0.2) is 0 Å². The molecule has 2 N–H and O–H groups in total. The predicted molar refractivity (Wildman–Crippen MR) is 68.2 cm³/mol. The number of carbonyl (C=O) groups is 1. The van der Waals surface area contributed by atoms with Crippen LogP contribution in [0.15, 0.2) is 17.5 Å². The molecule has 0 bridgehead atoms. The lowest BCUT2D eigenvalue weighted by molar-refractivity contribution is -0.132. The molecule has 0 spiro atoms. The van der Waals surface area contributed by atoms with Gasteiger partial charge in [-0.15, -0.1) is 11.3 Å². The van der Waals surface area contributed by atoms with Crippen LogP contribution >= 0.6 is 11.3 Å². The molecule has 4 heteroatoms. The van der Waals surface area contributed by atoms with E-state index in [1.165, 1.54) is 4.88 Å². The molecule has 0 unspecified atom stereocenters. The lowest BCUT2D eigenvalue weighted by Gasteiger charge is -2.21. The number of thiophene rings is 1. The van der Waals surface area contributed by atoms with Gasteiger partial charge in [-0.05, 0) is 23.8 Å². The van der Waals surface area contributed by atoms with Crippen LogP contribution in [0.3, 0.4) is 0 Å². The molecule has 1 aromatic heterocycles. The summed E-state index contributed by atoms with van der Waals surface area (Å²) >= 11 is 1.66. The third kappa shape index (κ3) is 3.94. The summed E-state index contributed by atoms with van der Waals surface area (Å²) in [5.74, 6) is 0.483. The molecule has 3 nitrogen and oxygen atoms in total. The van der Waals surface area contributed by atoms with Crippen LogP contribution in [-0.2, 0) is 11.3 Å². The lowest BCUT2D eigenvalue weighted by atomic mass is 10.0. The summed E-state index contributed by atoms with van der Waals surface area (Å²) in [6.07, 6.45) is 0.744. The van der Waals surface area contributed by atoms with Crippen molar-refractivity contribution in [2.24, 2.45) is 11.7 Å². The third-order valence-electron chi connectivity index (χ3n) is 2.39. The molecule has 1 rings (SSSR count). The smallest absolute Gasteiger partial charge is 0.239 e. The van der Waals surface area contributed by atoms with Crippen molar-refractivity contribution in [2.75, 3.05) is 7.05 Å². The molecular weight excluding hydrogens is 220 g/mol. The van der Waals surface area contributed by atoms with Gasteiger partial charge in [0.05, 0.1) is 12.6 Å². The molecule has 1 amide bonds. The highest BCUT2D eigenvalue weighted by Gasteiger charge is 2.19. The number of carbonyl (C=O) groups excluding carboxylic acids is 1. The minimum Gasteiger partial charge on any atom is -0.339 e. The van der Waals surface area contributed by atoms with Crippen LogP contribution in [0.1, 0.15) is 25.1 Å². The second-order valence-corrected chi connectivity index (χ2v) is 5.54. The van der Waals surface area contributed by atoms with Gasteiger partial charge >= 0.3 is 0 Å². The Morgan fingerprint density at radius 3 is 2.75 bits per heavy atom. The van der Waals surface area contributed by atoms with Crippen molar-refractivity contribution in [3.8, 4) is 0 Å². The van der Waals surface area contributed by atoms with Gasteiger partial charge in [-0.1, -0.05) is 19.9 Å². The molecule has 0 saturated carbocycles. The Labute approximate surface area is 101 Å². The van der Waals surface area contributed by atoms with Crippen LogP contribution in [0.4, 0.5) is 0 Å². The second-order valence-electron chi connectivity index (χ2n) is 4.51. The number of nitrogens with zero attached hydrogens (tertiary/aromatic N) is 1. The van der Waals surface area contributed by atoms with Gasteiger partial charge in [0.25, 0.3) is 0 Å². The summed E-state index contributed by atoms with van der Waals surface area (Å²) < 4.78 is 0. The van der Waals surface area contributed by atoms with E-state index >= 15 is 0 Å². The molecule has 0 saturated heterocycles. The van der Waals surface area contributed by atoms with Gasteiger partial charge in [0, 0.05) is 11.9 Å². The van der Waals surface area contributed by atoms with Crippen molar-refractivity contribution in [2.45, 2.75) is 32.9 Å². The Morgan fingerprint density at radius 2 is 2.25 bits per heavy atom. The van der Waals surface area contributed by atoms with E-state index in [4.69, 9.17) is 5.73 Å². The van der Waals surface area contributed by atoms with E-state index in [0.717, 1.165) is 6.42 Å². The first-order valence-corrected chi connectivity index (χ1v) is 6.41. The molecule has 0 radical (unpaired) electrons. The van der Waals surface area contributed by atoms with Gasteiger partial charge in [-0.3, -0.25) is 4.79 Å². The average Bonchev–Trinajstić information content (AvgIpc) is 2.68. The van der Waals surface area contributed by atoms with E-state index in [1.54, 1.807) is 16.2 Å². The van der Waals surface area contributed by atoms with Crippen LogP contribution in [0, 0.1) is 5.92 Å². The number of rotatable bonds is 5. The SMILES string of the molecule is CC(C)C[C@H](N)C(=O)N(C)Cc1cccs1. The topological polar surface area (TPSA) is 46.3 Å². The van der Waals surface area contributed by atoms with Crippen LogP contribution in [-0.4, -0.2) is 23.9 Å². The number of nitrogens with two attached hydrogens (primary N) is 1. The van der Waals surface area contributed by atoms with Gasteiger partial charge in [0.1, 0.15) is 0 Å². The molecule has 0 aliphatic heterocycles. The molecule has 0 aliphatic carbocycles. The molecule has 0 aromatic carbocycles. The van der Waals surface area contributed by atoms with E-state index in [1.807, 2.05) is 24.6 Å². The zero-order valence-electron chi connectivity index (χ0n) is 10.1. The maximum atomic E-state index is 11.9. The minimum absolute atomic E-state index is 0.0297. The maximum Gasteiger partial charge on any atom is 0.239 e. The molecule has 1 atom stereocenters. The Hall–Kier alpha value is -0.870. The van der Waals surface area contributed by atoms with E-state index in [2.05, 4.69) is 13.8 Å². The van der Waals surface area contributed by atoms with Crippen molar-refractivity contribution >= 4 is 17.2 Å². The number of hydrogen-bond acceptors (Lipinski definition) is 3. The van der Waals surface area contributed by atoms with Gasteiger partial charge in [-0.2, -0.15) is 0 Å². The van der Waals surface area contributed by atoms with Crippen LogP contribution in [0.5, 0.6) is 0 Å². The fourth-order valence-corrected chi connectivity index (χ4v) is 2.36. The second kappa shape index (κ2) is 6.01. The zero-order chi connectivity index (χ0) is 12.1. The number of likely N-dealkylation sites (N-methyl/N-ethyl adjacent to an activating group) is 1. The van der Waals surface area contributed by atoms with Crippen molar-refractivity contribution in [1.82, 2.24) is 4.90 Å². The summed E-state index contributed by atoms with van der Waals surface area (Å²) in [5.41, 5.74) is 5.86. The van der Waals surface area contributed by atoms with Crippen LogP contribution in [0.2, 0.25) is 0 Å². The quantitative estimate of drug-likeness (QED) is 0.856. The summed E-state index contributed by atoms with van der Waals surface area (Å²) in [7, 11) is 1.81. The van der Waals surface area contributed by atoms with Crippen LogP contribution < -0.4 is 5.73 Å². The Morgan fingerprint density at radius 1 is 1.56 bits per heavy atom. The Balaban J connectivity index is 2.47. The molecular formula is C12H20N2OS. The first-order chi connectivity index (χ1) is 7.50. The fourth-order valence-electron chi connectivity index (χ4n) is 1.61. The van der Waals surface area contributed by atoms with Gasteiger partial charge in [-0.25, -0.2) is 0 Å². The molecule has 0 aliphatic rings. The molecule has 16 heavy (non-hydrogen) atoms. The van der Waals surface area contributed by atoms with Gasteiger partial charge < -0.3 is 10.6 Å². The first kappa shape index (κ1) is 13.2. The monoisotopic (exact) mass is 240 g/mol. The molecule has 1 heterocycles. The highest BCUT2D eigenvalue weighted by atomic mass is 32.1. The third-order valence-corrected chi connectivity index (χ3v) is 3.25. The van der Waals surface area contributed by atoms with E-state index in [9.17, 15) is 4.79 Å². The van der Waals surface area contributed by atoms with Crippen molar-refractivity contribution in [1.29, 1.82) is 0 Å². The number of hydrogen-bond donors (Lipinski definition) is 1. The largest absolute Gasteiger partial charge is 0.339 e. The maximum absolute atomic E-state index is 11.9. The standard InChI is InChI=1S/C12H20N2OS/c1-9(2)7-11(13)12(15)14(3)8-10-5-4-6-16-10/h4-6,9,11H,7-8,13H2,1-3H3/t11-/m0/s1. The molecule has 90 valence electrons. The summed E-state index contributed by atoms with van der Waals surface area (Å²) in [4.78, 5) is 14.8. The Kier molecular flexibility index (Phi) is 4.96. The normalized spacial score (nSPS) is 12.8. The Bertz CT molecular complexity index is 322. The highest BCUT2D eigenvalue weighted by Crippen LogP contribution is 2.12. The van der Waals surface area contributed by atoms with Crippen molar-refractivity contribution < 1.29 is 4.79 Å². The van der Waals surface area contributed by atoms with Crippen molar-refractivity contribution in [3.63, 3.8) is 0 Å². The lowest BCUT2D eigenvalue weighted by Crippen LogP contribution is -2.42. The highest BCUT2D eigenvalue weighted by molar-refractivity contribution is 7.09. The van der Waals surface area contributed by atoms with E-state index in [-0.39, 0.29) is 11.9 Å². The van der Waals surface area contributed by atoms with E-state index < -0.39 is 0 Å². The average molecular weight is 240 g/mol. The zero-order valence-corrected chi connectivity index (χ0v) is 11.0. The van der Waals surface area contributed by atoms with Crippen LogP contribution in [0.25, 0.3) is 0 Å². The van der Waals surface area contributed by atoms with Gasteiger partial charge in [0.2, 0.25) is 5.91 Å². The fraction of sp³-hybridized carbons (Fsp3) is 0.583. The summed E-state index contributed by atoms with van der Waals surface area (Å²) in [5, 5.41) is 2.02. The first-order valence-electron chi connectivity index (χ1n) is 5.53. The molecule has 0 fully saturated rings. The predicted octanol–water partition coefficient (Wildman–Crippen LogP) is 2.08. The summed E-state index contributed by atoms with van der Waals surface area (Å²) in [6.45, 7) is 4.81. The number of amides is 1. The van der Waals surface area contributed by atoms with Crippen molar-refractivity contribution in [3.05, 3.63) is 22.4 Å². The summed E-state index contributed by atoms with van der Waals surface area (Å²) in [6, 6.07) is 3.65. The minimum atomic E-state index is -0.370. The molecule has 1 aromatic rings.